The van der Waals surface area contributed by atoms with Gasteiger partial charge < -0.3 is 20.4 Å². The van der Waals surface area contributed by atoms with Gasteiger partial charge in [0.1, 0.15) is 12.2 Å². The molecule has 0 heterocycles. The molecule has 8 nitrogen and oxygen atoms in total. The van der Waals surface area contributed by atoms with Gasteiger partial charge in [-0.25, -0.2) is 19.6 Å². The number of nitrogens with zero attached hydrogens (tertiary/aromatic N) is 2. The van der Waals surface area contributed by atoms with Gasteiger partial charge in [-0.1, -0.05) is 146 Å². The molecule has 0 aliphatic carbocycles. The molecule has 0 fully saturated rings. The van der Waals surface area contributed by atoms with Gasteiger partial charge in [0, 0.05) is 0 Å². The van der Waals surface area contributed by atoms with Gasteiger partial charge in [-0.2, -0.15) is 0 Å². The molecule has 51 heavy (non-hydrogen) atoms. The number of hydrogen-bond donors (Lipinski definition) is 4. The van der Waals surface area contributed by atoms with Crippen LogP contribution >= 0.6 is 0 Å². The molecule has 2 unspecified atom stereocenters. The quantitative estimate of drug-likeness (QED) is 0.0825. The first-order valence-electron chi connectivity index (χ1n) is 15.7. The van der Waals surface area contributed by atoms with Crippen LogP contribution in [0.4, 0.5) is 11.4 Å². The summed E-state index contributed by atoms with van der Waals surface area (Å²) >= 11 is 0. The van der Waals surface area contributed by atoms with Crippen LogP contribution in [0.25, 0.3) is 0 Å². The molecular formula is C42H34CuN2O6+2. The minimum atomic E-state index is -1.05. The summed E-state index contributed by atoms with van der Waals surface area (Å²) in [7, 11) is 0. The fourth-order valence-electron chi connectivity index (χ4n) is 5.13. The van der Waals surface area contributed by atoms with E-state index in [1.54, 1.807) is 36.4 Å². The number of aliphatic hydroxyl groups excluding tert-OH is 2. The molecule has 0 spiro atoms. The second kappa shape index (κ2) is 18.7. The number of rotatable bonds is 10. The zero-order valence-corrected chi connectivity index (χ0v) is 28.1. The van der Waals surface area contributed by atoms with E-state index in [1.807, 2.05) is 121 Å². The van der Waals surface area contributed by atoms with Crippen molar-refractivity contribution in [2.24, 2.45) is 9.98 Å². The molecule has 4 N–H and O–H groups in total. The third-order valence-corrected chi connectivity index (χ3v) is 7.64. The maximum Gasteiger partial charge on any atom is 2.00 e. The van der Waals surface area contributed by atoms with Gasteiger partial charge in [-0.3, -0.25) is 0 Å². The van der Waals surface area contributed by atoms with Crippen LogP contribution in [0.1, 0.15) is 55.2 Å². The number of aromatic carboxylic acids is 2. The fourth-order valence-corrected chi connectivity index (χ4v) is 5.13. The number of aliphatic imine (C=N–C) groups is 2. The van der Waals surface area contributed by atoms with Crippen molar-refractivity contribution >= 4 is 34.7 Å². The number of para-hydroxylation sites is 2. The maximum atomic E-state index is 11.4. The summed E-state index contributed by atoms with van der Waals surface area (Å²) in [6.45, 7) is 0. The Balaban J connectivity index is 0.000000224. The molecular weight excluding hydrogens is 692 g/mol. The summed E-state index contributed by atoms with van der Waals surface area (Å²) in [6.07, 6.45) is -1.93. The maximum absolute atomic E-state index is 11.4. The summed E-state index contributed by atoms with van der Waals surface area (Å²) in [6, 6.07) is 49.9. The van der Waals surface area contributed by atoms with E-state index >= 15 is 0 Å². The molecule has 0 saturated carbocycles. The average Bonchev–Trinajstić information content (AvgIpc) is 3.17. The molecule has 6 aromatic rings. The number of carboxylic acid groups (broad SMARTS) is 2. The minimum absolute atomic E-state index is 0. The Kier molecular flexibility index (Phi) is 13.9. The van der Waals surface area contributed by atoms with Crippen molar-refractivity contribution in [3.8, 4) is 0 Å². The van der Waals surface area contributed by atoms with Crippen molar-refractivity contribution < 1.29 is 47.1 Å². The zero-order chi connectivity index (χ0) is 35.3. The van der Waals surface area contributed by atoms with Crippen LogP contribution in [0.2, 0.25) is 0 Å². The first-order chi connectivity index (χ1) is 24.3. The van der Waals surface area contributed by atoms with E-state index in [2.05, 4.69) is 9.98 Å². The van der Waals surface area contributed by atoms with Gasteiger partial charge in [-0.15, -0.1) is 0 Å². The fraction of sp³-hybridized carbons (Fsp3) is 0.0476. The summed E-state index contributed by atoms with van der Waals surface area (Å²) in [5.41, 5.74) is 4.47. The molecule has 1 radical (unpaired) electrons. The monoisotopic (exact) mass is 725 g/mol. The van der Waals surface area contributed by atoms with Gasteiger partial charge in [0.2, 0.25) is 0 Å². The molecule has 0 bridgehead atoms. The Hall–Kier alpha value is -5.96. The number of aliphatic hydroxyl groups is 2. The molecule has 0 amide bonds. The van der Waals surface area contributed by atoms with E-state index in [0.717, 1.165) is 11.1 Å². The second-order valence-corrected chi connectivity index (χ2v) is 11.0. The molecule has 0 aromatic heterocycles. The van der Waals surface area contributed by atoms with Crippen LogP contribution in [-0.2, 0) is 17.1 Å². The normalized spacial score (nSPS) is 12.4. The Bertz CT molecular complexity index is 1940. The van der Waals surface area contributed by atoms with Crippen LogP contribution < -0.4 is 0 Å². The van der Waals surface area contributed by atoms with Crippen molar-refractivity contribution in [2.75, 3.05) is 0 Å². The molecule has 0 saturated heterocycles. The van der Waals surface area contributed by atoms with E-state index in [1.165, 1.54) is 12.1 Å². The van der Waals surface area contributed by atoms with Crippen LogP contribution in [0.5, 0.6) is 0 Å². The number of hydrogen-bond acceptors (Lipinski definition) is 6. The Morgan fingerprint density at radius 2 is 0.686 bits per heavy atom. The van der Waals surface area contributed by atoms with E-state index in [9.17, 15) is 30.0 Å². The predicted octanol–water partition coefficient (Wildman–Crippen LogP) is 8.48. The summed E-state index contributed by atoms with van der Waals surface area (Å²) < 4.78 is 0. The van der Waals surface area contributed by atoms with Gasteiger partial charge >= 0.3 is 29.0 Å². The minimum Gasteiger partial charge on any atom is -0.478 e. The van der Waals surface area contributed by atoms with Crippen molar-refractivity contribution in [2.45, 2.75) is 12.2 Å². The molecule has 0 aliphatic heterocycles. The molecule has 257 valence electrons. The summed E-state index contributed by atoms with van der Waals surface area (Å²) in [5.74, 6) is -2.11. The molecule has 6 aromatic carbocycles. The Morgan fingerprint density at radius 1 is 0.412 bits per heavy atom. The molecule has 0 aliphatic rings. The number of benzene rings is 6. The van der Waals surface area contributed by atoms with Crippen LogP contribution in [0, 0.1) is 0 Å². The first kappa shape index (κ1) is 37.9. The summed E-state index contributed by atoms with van der Waals surface area (Å²) in [5, 5.41) is 40.4. The van der Waals surface area contributed by atoms with Gasteiger partial charge in [0.25, 0.3) is 0 Å². The van der Waals surface area contributed by atoms with Crippen LogP contribution in [0.15, 0.2) is 180 Å². The predicted molar refractivity (Wildman–Crippen MR) is 195 cm³/mol. The SMILES string of the molecule is O=C(O)c1ccccc1N=C(c1ccccc1)C(O)c1ccccc1.O=C(O)c1ccccc1N=C(c1ccccc1)C(O)c1ccccc1.[Cu+2]. The van der Waals surface area contributed by atoms with Gasteiger partial charge in [0.15, 0.2) is 0 Å². The molecule has 9 heteroatoms. The largest absolute Gasteiger partial charge is 2.00 e. The van der Waals surface area contributed by atoms with Crippen molar-refractivity contribution in [1.82, 2.24) is 0 Å². The smallest absolute Gasteiger partial charge is 0.478 e. The molecule has 2 atom stereocenters. The van der Waals surface area contributed by atoms with Crippen molar-refractivity contribution in [3.05, 3.63) is 203 Å². The zero-order valence-electron chi connectivity index (χ0n) is 27.1. The average molecular weight is 726 g/mol. The third kappa shape index (κ3) is 10.0. The second-order valence-electron chi connectivity index (χ2n) is 11.0. The van der Waals surface area contributed by atoms with E-state index in [-0.39, 0.29) is 28.2 Å². The first-order valence-corrected chi connectivity index (χ1v) is 15.7. The summed E-state index contributed by atoms with van der Waals surface area (Å²) in [4.78, 5) is 31.9. The van der Waals surface area contributed by atoms with Gasteiger partial charge in [-0.05, 0) is 46.5 Å². The van der Waals surface area contributed by atoms with Crippen molar-refractivity contribution in [1.29, 1.82) is 0 Å². The van der Waals surface area contributed by atoms with Gasteiger partial charge in [0.05, 0.1) is 33.9 Å². The van der Waals surface area contributed by atoms with E-state index < -0.39 is 24.1 Å². The van der Waals surface area contributed by atoms with Crippen LogP contribution in [0.3, 0.4) is 0 Å². The van der Waals surface area contributed by atoms with Crippen molar-refractivity contribution in [3.63, 3.8) is 0 Å². The standard InChI is InChI=1S/2C21H17NO3.Cu/c2*23-20(16-11-5-2-6-12-16)19(15-9-3-1-4-10-15)22-18-14-8-7-13-17(18)21(24)25;/h2*1-14,20,23H,(H,24,25);/q;;+2. The molecule has 6 rings (SSSR count). The number of carboxylic acids is 2. The van der Waals surface area contributed by atoms with E-state index in [0.29, 0.717) is 33.9 Å². The van der Waals surface area contributed by atoms with Crippen LogP contribution in [-0.4, -0.2) is 43.8 Å². The topological polar surface area (TPSA) is 140 Å². The van der Waals surface area contributed by atoms with E-state index in [4.69, 9.17) is 0 Å². The number of carbonyl (C=O) groups is 2. The Morgan fingerprint density at radius 3 is 1.00 bits per heavy atom. The third-order valence-electron chi connectivity index (χ3n) is 7.64. The Labute approximate surface area is 306 Å².